The van der Waals surface area contributed by atoms with E-state index in [0.29, 0.717) is 26.2 Å². The van der Waals surface area contributed by atoms with E-state index in [0.717, 1.165) is 41.4 Å². The van der Waals surface area contributed by atoms with Crippen LogP contribution in [0.2, 0.25) is 0 Å². The minimum absolute atomic E-state index is 0.00155. The van der Waals surface area contributed by atoms with Crippen LogP contribution in [0, 0.1) is 6.92 Å². The molecule has 3 aliphatic rings. The number of nitrogens with zero attached hydrogens (tertiary/aromatic N) is 3. The molecule has 0 radical (unpaired) electrons. The number of ether oxygens (including phenoxy) is 3. The first kappa shape index (κ1) is 19.1. The summed E-state index contributed by atoms with van der Waals surface area (Å²) in [5.41, 5.74) is 4.17. The van der Waals surface area contributed by atoms with E-state index in [4.69, 9.17) is 19.3 Å². The van der Waals surface area contributed by atoms with Crippen LogP contribution in [0.1, 0.15) is 29.2 Å². The molecule has 0 unspecified atom stereocenters. The fraction of sp³-hybridized carbons (Fsp3) is 0.391. The predicted molar refractivity (Wildman–Crippen MR) is 112 cm³/mol. The Morgan fingerprint density at radius 2 is 1.83 bits per heavy atom. The largest absolute Gasteiger partial charge is 0.454 e. The number of aryl methyl sites for hydroxylation is 1. The minimum atomic E-state index is -0.163. The number of hydrogen-bond acceptors (Lipinski definition) is 6. The van der Waals surface area contributed by atoms with Crippen LogP contribution in [0.4, 0.5) is 0 Å². The molecule has 3 aliphatic heterocycles. The molecule has 30 heavy (non-hydrogen) atoms. The van der Waals surface area contributed by atoms with Gasteiger partial charge in [-0.05, 0) is 30.2 Å². The first-order valence-corrected chi connectivity index (χ1v) is 10.3. The van der Waals surface area contributed by atoms with Gasteiger partial charge in [-0.1, -0.05) is 35.9 Å². The molecule has 0 bridgehead atoms. The van der Waals surface area contributed by atoms with Gasteiger partial charge in [-0.15, -0.1) is 0 Å². The van der Waals surface area contributed by atoms with Crippen molar-refractivity contribution >= 4 is 11.6 Å². The van der Waals surface area contributed by atoms with Gasteiger partial charge in [-0.25, -0.2) is 5.01 Å². The maximum Gasteiger partial charge on any atom is 0.257 e. The lowest BCUT2D eigenvalue weighted by Crippen LogP contribution is -2.43. The Hall–Kier alpha value is -2.90. The number of hydrazone groups is 1. The van der Waals surface area contributed by atoms with Crippen LogP contribution < -0.4 is 9.47 Å². The highest BCUT2D eigenvalue weighted by atomic mass is 16.7. The smallest absolute Gasteiger partial charge is 0.257 e. The standard InChI is InChI=1S/C23H25N3O4/c1-16-2-4-17(5-3-16)19-13-20(18-6-7-21-22(12-18)30-15-29-21)26(24-19)23(27)14-25-8-10-28-11-9-25/h2-7,12,20H,8-11,13-15H2,1H3/t20-/m1/s1. The number of carbonyl (C=O) groups excluding carboxylic acids is 1. The normalized spacial score (nSPS) is 21.0. The molecule has 3 heterocycles. The average molecular weight is 407 g/mol. The van der Waals surface area contributed by atoms with Gasteiger partial charge < -0.3 is 14.2 Å². The van der Waals surface area contributed by atoms with Crippen molar-refractivity contribution < 1.29 is 19.0 Å². The van der Waals surface area contributed by atoms with Gasteiger partial charge in [0.25, 0.3) is 5.91 Å². The highest BCUT2D eigenvalue weighted by molar-refractivity contribution is 6.03. The molecule has 0 saturated carbocycles. The Bertz CT molecular complexity index is 967. The van der Waals surface area contributed by atoms with Crippen LogP contribution >= 0.6 is 0 Å². The lowest BCUT2D eigenvalue weighted by Gasteiger charge is -2.29. The molecule has 1 fully saturated rings. The van der Waals surface area contributed by atoms with Gasteiger partial charge in [-0.3, -0.25) is 9.69 Å². The van der Waals surface area contributed by atoms with E-state index < -0.39 is 0 Å². The van der Waals surface area contributed by atoms with E-state index in [1.54, 1.807) is 5.01 Å². The summed E-state index contributed by atoms with van der Waals surface area (Å²) in [7, 11) is 0. The van der Waals surface area contributed by atoms with Crippen LogP contribution in [0.5, 0.6) is 11.5 Å². The number of morpholine rings is 1. The maximum atomic E-state index is 13.2. The van der Waals surface area contributed by atoms with Gasteiger partial charge in [0.1, 0.15) is 0 Å². The molecule has 5 rings (SSSR count). The molecule has 0 spiro atoms. The summed E-state index contributed by atoms with van der Waals surface area (Å²) >= 11 is 0. The molecule has 156 valence electrons. The molecule has 0 N–H and O–H groups in total. The summed E-state index contributed by atoms with van der Waals surface area (Å²) in [4.78, 5) is 15.4. The molecule has 1 atom stereocenters. The summed E-state index contributed by atoms with van der Waals surface area (Å²) in [5.74, 6) is 1.46. The van der Waals surface area contributed by atoms with Crippen molar-refractivity contribution in [3.05, 3.63) is 59.2 Å². The highest BCUT2D eigenvalue weighted by Crippen LogP contribution is 2.39. The summed E-state index contributed by atoms with van der Waals surface area (Å²) < 4.78 is 16.4. The number of carbonyl (C=O) groups is 1. The van der Waals surface area contributed by atoms with Crippen LogP contribution in [0.3, 0.4) is 0 Å². The topological polar surface area (TPSA) is 63.6 Å². The van der Waals surface area contributed by atoms with E-state index in [-0.39, 0.29) is 18.7 Å². The Labute approximate surface area is 175 Å². The SMILES string of the molecule is Cc1ccc(C2=NN(C(=O)CN3CCOCC3)[C@@H](c3ccc4c(c3)OCO4)C2)cc1. The molecule has 7 nitrogen and oxygen atoms in total. The van der Waals surface area contributed by atoms with Crippen molar-refractivity contribution in [2.45, 2.75) is 19.4 Å². The second-order valence-corrected chi connectivity index (χ2v) is 7.87. The van der Waals surface area contributed by atoms with Crippen molar-refractivity contribution in [3.8, 4) is 11.5 Å². The molecule has 0 aliphatic carbocycles. The van der Waals surface area contributed by atoms with E-state index >= 15 is 0 Å². The van der Waals surface area contributed by atoms with E-state index in [1.807, 2.05) is 18.2 Å². The lowest BCUT2D eigenvalue weighted by molar-refractivity contribution is -0.135. The van der Waals surface area contributed by atoms with Gasteiger partial charge in [-0.2, -0.15) is 5.10 Å². The number of fused-ring (bicyclic) bond motifs is 1. The predicted octanol–water partition coefficient (Wildman–Crippen LogP) is 2.73. The maximum absolute atomic E-state index is 13.2. The molecular formula is C23H25N3O4. The van der Waals surface area contributed by atoms with Crippen LogP contribution in [0.15, 0.2) is 47.6 Å². The van der Waals surface area contributed by atoms with E-state index in [9.17, 15) is 4.79 Å². The highest BCUT2D eigenvalue weighted by Gasteiger charge is 2.34. The van der Waals surface area contributed by atoms with Crippen molar-refractivity contribution in [1.82, 2.24) is 9.91 Å². The van der Waals surface area contributed by atoms with Crippen molar-refractivity contribution in [1.29, 1.82) is 0 Å². The number of benzene rings is 2. The second kappa shape index (κ2) is 8.08. The average Bonchev–Trinajstić information content (AvgIpc) is 3.42. The van der Waals surface area contributed by atoms with Gasteiger partial charge >= 0.3 is 0 Å². The summed E-state index contributed by atoms with van der Waals surface area (Å²) in [6.45, 7) is 5.50. The molecule has 1 saturated heterocycles. The lowest BCUT2D eigenvalue weighted by atomic mass is 9.97. The number of hydrogen-bond donors (Lipinski definition) is 0. The first-order chi connectivity index (χ1) is 14.7. The van der Waals surface area contributed by atoms with E-state index in [2.05, 4.69) is 36.1 Å². The molecule has 1 amide bonds. The van der Waals surface area contributed by atoms with Crippen LogP contribution in [0.25, 0.3) is 0 Å². The zero-order valence-electron chi connectivity index (χ0n) is 17.0. The molecular weight excluding hydrogens is 382 g/mol. The van der Waals surface area contributed by atoms with Gasteiger partial charge in [0.2, 0.25) is 6.79 Å². The van der Waals surface area contributed by atoms with Crippen LogP contribution in [-0.2, 0) is 9.53 Å². The third kappa shape index (κ3) is 3.78. The van der Waals surface area contributed by atoms with Crippen molar-refractivity contribution in [3.63, 3.8) is 0 Å². The fourth-order valence-electron chi connectivity index (χ4n) is 4.06. The van der Waals surface area contributed by atoms with Gasteiger partial charge in [0.05, 0.1) is 31.5 Å². The fourth-order valence-corrected chi connectivity index (χ4v) is 4.06. The van der Waals surface area contributed by atoms with Crippen molar-refractivity contribution in [2.75, 3.05) is 39.6 Å². The minimum Gasteiger partial charge on any atom is -0.454 e. The Balaban J connectivity index is 1.43. The summed E-state index contributed by atoms with van der Waals surface area (Å²) in [5, 5.41) is 6.43. The molecule has 2 aromatic rings. The first-order valence-electron chi connectivity index (χ1n) is 10.3. The van der Waals surface area contributed by atoms with Gasteiger partial charge in [0.15, 0.2) is 11.5 Å². The zero-order chi connectivity index (χ0) is 20.5. The Morgan fingerprint density at radius 3 is 2.63 bits per heavy atom. The molecule has 0 aromatic heterocycles. The quantitative estimate of drug-likeness (QED) is 0.780. The number of rotatable bonds is 4. The van der Waals surface area contributed by atoms with Crippen molar-refractivity contribution in [2.24, 2.45) is 5.10 Å². The Kier molecular flexibility index (Phi) is 5.14. The molecule has 2 aromatic carbocycles. The molecule has 7 heteroatoms. The zero-order valence-corrected chi connectivity index (χ0v) is 17.0. The monoisotopic (exact) mass is 407 g/mol. The second-order valence-electron chi connectivity index (χ2n) is 7.87. The summed E-state index contributed by atoms with van der Waals surface area (Å²) in [6.07, 6.45) is 0.664. The van der Waals surface area contributed by atoms with Gasteiger partial charge in [0, 0.05) is 19.5 Å². The van der Waals surface area contributed by atoms with Crippen LogP contribution in [-0.4, -0.2) is 61.2 Å². The third-order valence-corrected chi connectivity index (χ3v) is 5.79. The Morgan fingerprint density at radius 1 is 1.07 bits per heavy atom. The van der Waals surface area contributed by atoms with E-state index in [1.165, 1.54) is 5.56 Å². The third-order valence-electron chi connectivity index (χ3n) is 5.79. The summed E-state index contributed by atoms with van der Waals surface area (Å²) in [6, 6.07) is 14.0. The number of amides is 1.